The smallest absolute Gasteiger partial charge is 0.239 e. The summed E-state index contributed by atoms with van der Waals surface area (Å²) in [5.74, 6) is 0.662. The van der Waals surface area contributed by atoms with Gasteiger partial charge in [0.1, 0.15) is 5.82 Å². The van der Waals surface area contributed by atoms with Crippen LogP contribution in [0.15, 0.2) is 36.4 Å². The second-order valence-electron chi connectivity index (χ2n) is 11.2. The molecule has 1 aromatic carbocycles. The van der Waals surface area contributed by atoms with Gasteiger partial charge in [-0.1, -0.05) is 39.0 Å². The van der Waals surface area contributed by atoms with Crippen molar-refractivity contribution in [2.45, 2.75) is 58.9 Å². The van der Waals surface area contributed by atoms with Crippen LogP contribution in [0.3, 0.4) is 0 Å². The van der Waals surface area contributed by atoms with Crippen molar-refractivity contribution in [1.29, 1.82) is 0 Å². The predicted molar refractivity (Wildman–Crippen MR) is 136 cm³/mol. The first-order valence-electron chi connectivity index (χ1n) is 12.1. The van der Waals surface area contributed by atoms with Gasteiger partial charge in [0.05, 0.1) is 24.5 Å². The van der Waals surface area contributed by atoms with E-state index in [1.165, 1.54) is 0 Å². The highest BCUT2D eigenvalue weighted by atomic mass is 16.2. The fourth-order valence-electron chi connectivity index (χ4n) is 3.99. The van der Waals surface area contributed by atoms with Crippen molar-refractivity contribution in [2.75, 3.05) is 44.6 Å². The summed E-state index contributed by atoms with van der Waals surface area (Å²) in [6.45, 7) is 16.2. The van der Waals surface area contributed by atoms with Gasteiger partial charge in [0.15, 0.2) is 0 Å². The molecule has 8 nitrogen and oxygen atoms in total. The monoisotopic (exact) mass is 468 g/mol. The normalized spacial score (nSPS) is 16.2. The van der Waals surface area contributed by atoms with Gasteiger partial charge in [0, 0.05) is 30.1 Å². The molecule has 0 radical (unpaired) electrons. The first kappa shape index (κ1) is 25.9. The number of anilines is 1. The standard InChI is InChI=1S/C26H40N6O2/c1-25(2,3)21-17-22(32(29-21)20-11-8-7-9-12-20)27-23(33)18-30-13-10-14-31(16-15-30)19-24(34)28-26(4,5)6/h7-9,11-12,17H,10,13-16,18-19H2,1-6H3,(H,27,33)(H,28,34). The molecule has 186 valence electrons. The Kier molecular flexibility index (Phi) is 8.15. The minimum Gasteiger partial charge on any atom is -0.350 e. The van der Waals surface area contributed by atoms with Crippen molar-refractivity contribution in [3.63, 3.8) is 0 Å². The topological polar surface area (TPSA) is 82.5 Å². The molecule has 0 spiro atoms. The Bertz CT molecular complexity index is 971. The molecule has 1 aliphatic heterocycles. The van der Waals surface area contributed by atoms with Gasteiger partial charge in [-0.3, -0.25) is 19.4 Å². The second-order valence-corrected chi connectivity index (χ2v) is 11.2. The van der Waals surface area contributed by atoms with Gasteiger partial charge in [0.2, 0.25) is 11.8 Å². The van der Waals surface area contributed by atoms with Gasteiger partial charge in [-0.2, -0.15) is 5.10 Å². The number of rotatable bonds is 6. The number of hydrogen-bond acceptors (Lipinski definition) is 5. The zero-order valence-corrected chi connectivity index (χ0v) is 21.5. The molecule has 2 heterocycles. The summed E-state index contributed by atoms with van der Waals surface area (Å²) in [6, 6.07) is 11.8. The van der Waals surface area contributed by atoms with Gasteiger partial charge in [-0.25, -0.2) is 4.68 Å². The highest BCUT2D eigenvalue weighted by Gasteiger charge is 2.23. The third kappa shape index (κ3) is 7.67. The molecule has 0 unspecified atom stereocenters. The van der Waals surface area contributed by atoms with E-state index in [4.69, 9.17) is 5.10 Å². The summed E-state index contributed by atoms with van der Waals surface area (Å²) in [6.07, 6.45) is 0.923. The van der Waals surface area contributed by atoms with Gasteiger partial charge < -0.3 is 10.6 Å². The Hall–Kier alpha value is -2.71. The van der Waals surface area contributed by atoms with Crippen molar-refractivity contribution >= 4 is 17.6 Å². The number of nitrogens with one attached hydrogen (secondary N) is 2. The summed E-state index contributed by atoms with van der Waals surface area (Å²) in [7, 11) is 0. The number of para-hydroxylation sites is 1. The lowest BCUT2D eigenvalue weighted by Gasteiger charge is -2.25. The average molecular weight is 469 g/mol. The van der Waals surface area contributed by atoms with Crippen molar-refractivity contribution in [2.24, 2.45) is 0 Å². The number of amides is 2. The lowest BCUT2D eigenvalue weighted by Crippen LogP contribution is -2.46. The van der Waals surface area contributed by atoms with E-state index < -0.39 is 0 Å². The molecular weight excluding hydrogens is 428 g/mol. The summed E-state index contributed by atoms with van der Waals surface area (Å²) in [5, 5.41) is 10.9. The lowest BCUT2D eigenvalue weighted by atomic mass is 9.92. The quantitative estimate of drug-likeness (QED) is 0.681. The molecule has 0 saturated carbocycles. The number of carbonyl (C=O) groups excluding carboxylic acids is 2. The molecule has 1 fully saturated rings. The molecule has 1 saturated heterocycles. The molecule has 0 atom stereocenters. The highest BCUT2D eigenvalue weighted by molar-refractivity contribution is 5.91. The number of benzene rings is 1. The predicted octanol–water partition coefficient (Wildman–Crippen LogP) is 3.03. The first-order chi connectivity index (χ1) is 15.9. The van der Waals surface area contributed by atoms with Crippen molar-refractivity contribution in [3.8, 4) is 5.69 Å². The Morgan fingerprint density at radius 3 is 2.03 bits per heavy atom. The maximum atomic E-state index is 13.0. The van der Waals surface area contributed by atoms with E-state index in [1.54, 1.807) is 4.68 Å². The Labute approximate surface area is 203 Å². The van der Waals surface area contributed by atoms with Crippen LogP contribution in [0.5, 0.6) is 0 Å². The van der Waals surface area contributed by atoms with Crippen LogP contribution < -0.4 is 10.6 Å². The third-order valence-corrected chi connectivity index (χ3v) is 5.68. The van der Waals surface area contributed by atoms with E-state index in [-0.39, 0.29) is 22.8 Å². The number of carbonyl (C=O) groups is 2. The molecule has 0 aliphatic carbocycles. The molecule has 2 amide bonds. The second kappa shape index (κ2) is 10.7. The number of aromatic nitrogens is 2. The van der Waals surface area contributed by atoms with Crippen LogP contribution in [0, 0.1) is 0 Å². The molecule has 1 aliphatic rings. The van der Waals surface area contributed by atoms with Crippen molar-refractivity contribution < 1.29 is 9.59 Å². The van der Waals surface area contributed by atoms with Crippen LogP contribution in [-0.4, -0.2) is 76.2 Å². The van der Waals surface area contributed by atoms with E-state index in [1.807, 2.05) is 57.2 Å². The van der Waals surface area contributed by atoms with Crippen LogP contribution in [0.4, 0.5) is 5.82 Å². The first-order valence-corrected chi connectivity index (χ1v) is 12.1. The van der Waals surface area contributed by atoms with E-state index in [2.05, 4.69) is 41.2 Å². The fourth-order valence-corrected chi connectivity index (χ4v) is 3.99. The fraction of sp³-hybridized carbons (Fsp3) is 0.577. The third-order valence-electron chi connectivity index (χ3n) is 5.68. The van der Waals surface area contributed by atoms with Crippen molar-refractivity contribution in [3.05, 3.63) is 42.1 Å². The Balaban J connectivity index is 1.60. The van der Waals surface area contributed by atoms with Crippen molar-refractivity contribution in [1.82, 2.24) is 24.9 Å². The maximum Gasteiger partial charge on any atom is 0.239 e. The van der Waals surface area contributed by atoms with Gasteiger partial charge in [-0.15, -0.1) is 0 Å². The minimum atomic E-state index is -0.230. The van der Waals surface area contributed by atoms with Crippen LogP contribution in [0.1, 0.15) is 53.7 Å². The Morgan fingerprint density at radius 2 is 1.47 bits per heavy atom. The lowest BCUT2D eigenvalue weighted by molar-refractivity contribution is -0.123. The van der Waals surface area contributed by atoms with Crippen LogP contribution >= 0.6 is 0 Å². The zero-order valence-electron chi connectivity index (χ0n) is 21.5. The Morgan fingerprint density at radius 1 is 0.882 bits per heavy atom. The molecular formula is C26H40N6O2. The van der Waals surface area contributed by atoms with Gasteiger partial charge in [0.25, 0.3) is 0 Å². The van der Waals surface area contributed by atoms with Gasteiger partial charge >= 0.3 is 0 Å². The average Bonchev–Trinajstić information content (AvgIpc) is 3.03. The molecule has 2 aromatic rings. The summed E-state index contributed by atoms with van der Waals surface area (Å²) in [5.41, 5.74) is 1.47. The summed E-state index contributed by atoms with van der Waals surface area (Å²) < 4.78 is 1.80. The minimum absolute atomic E-state index is 0.0440. The largest absolute Gasteiger partial charge is 0.350 e. The zero-order chi connectivity index (χ0) is 24.9. The van der Waals surface area contributed by atoms with E-state index in [0.29, 0.717) is 18.9 Å². The van der Waals surface area contributed by atoms with E-state index in [0.717, 1.165) is 44.0 Å². The van der Waals surface area contributed by atoms with Crippen LogP contribution in [0.2, 0.25) is 0 Å². The molecule has 0 bridgehead atoms. The molecule has 3 rings (SSSR count). The maximum absolute atomic E-state index is 13.0. The number of hydrogen-bond donors (Lipinski definition) is 2. The SMILES string of the molecule is CC(C)(C)NC(=O)CN1CCCN(CC(=O)Nc2cc(C(C)(C)C)nn2-c2ccccc2)CC1. The van der Waals surface area contributed by atoms with Gasteiger partial charge in [-0.05, 0) is 52.4 Å². The number of nitrogens with zero attached hydrogens (tertiary/aromatic N) is 4. The molecule has 1 aromatic heterocycles. The van der Waals surface area contributed by atoms with Crippen LogP contribution in [-0.2, 0) is 15.0 Å². The summed E-state index contributed by atoms with van der Waals surface area (Å²) >= 11 is 0. The molecule has 34 heavy (non-hydrogen) atoms. The highest BCUT2D eigenvalue weighted by Crippen LogP contribution is 2.26. The molecule has 8 heteroatoms. The van der Waals surface area contributed by atoms with E-state index in [9.17, 15) is 9.59 Å². The van der Waals surface area contributed by atoms with Crippen LogP contribution in [0.25, 0.3) is 5.69 Å². The molecule has 2 N–H and O–H groups in total. The summed E-state index contributed by atoms with van der Waals surface area (Å²) in [4.78, 5) is 29.6. The van der Waals surface area contributed by atoms with E-state index >= 15 is 0 Å².